The predicted octanol–water partition coefficient (Wildman–Crippen LogP) is 3.86. The van der Waals surface area contributed by atoms with Crippen molar-refractivity contribution in [3.05, 3.63) is 67.3 Å². The summed E-state index contributed by atoms with van der Waals surface area (Å²) in [6.45, 7) is 3.57. The minimum absolute atomic E-state index is 0.495. The third-order valence-corrected chi connectivity index (χ3v) is 4.09. The summed E-state index contributed by atoms with van der Waals surface area (Å²) in [4.78, 5) is 13.2. The normalized spacial score (nSPS) is 11.7. The molecule has 0 radical (unpaired) electrons. The van der Waals surface area contributed by atoms with Crippen LogP contribution in [0.25, 0.3) is 27.6 Å². The molecule has 0 amide bonds. The molecule has 1 aromatic heterocycles. The molecule has 3 aromatic rings. The highest BCUT2D eigenvalue weighted by molar-refractivity contribution is 6.09. The minimum atomic E-state index is 0.495. The number of hydrogen-bond donors (Lipinski definition) is 2. The van der Waals surface area contributed by atoms with Gasteiger partial charge >= 0.3 is 0 Å². The van der Waals surface area contributed by atoms with E-state index in [2.05, 4.69) is 32.9 Å². The van der Waals surface area contributed by atoms with Crippen molar-refractivity contribution in [3.8, 4) is 16.9 Å². The van der Waals surface area contributed by atoms with Gasteiger partial charge in [-0.3, -0.25) is 4.99 Å². The lowest BCUT2D eigenvalue weighted by atomic mass is 10.0. The Labute approximate surface area is 158 Å². The lowest BCUT2D eigenvalue weighted by Crippen LogP contribution is -2.03. The number of hydrogen-bond acceptors (Lipinski definition) is 6. The summed E-state index contributed by atoms with van der Waals surface area (Å²) >= 11 is 0. The second-order valence-electron chi connectivity index (χ2n) is 5.69. The van der Waals surface area contributed by atoms with Crippen LogP contribution >= 0.6 is 0 Å². The summed E-state index contributed by atoms with van der Waals surface area (Å²) in [5, 5.41) is 4.05. The lowest BCUT2D eigenvalue weighted by molar-refractivity contribution is 0.415. The van der Waals surface area contributed by atoms with Crippen molar-refractivity contribution >= 4 is 28.5 Å². The van der Waals surface area contributed by atoms with E-state index >= 15 is 0 Å². The quantitative estimate of drug-likeness (QED) is 0.653. The van der Waals surface area contributed by atoms with Crippen molar-refractivity contribution < 1.29 is 4.74 Å². The highest BCUT2D eigenvalue weighted by Crippen LogP contribution is 2.29. The maximum absolute atomic E-state index is 5.71. The first-order valence-electron chi connectivity index (χ1n) is 8.40. The van der Waals surface area contributed by atoms with Crippen LogP contribution in [0.5, 0.6) is 5.75 Å². The van der Waals surface area contributed by atoms with E-state index in [0.717, 1.165) is 27.8 Å². The molecule has 0 spiro atoms. The fourth-order valence-corrected chi connectivity index (χ4v) is 2.74. The molecule has 1 heterocycles. The summed E-state index contributed by atoms with van der Waals surface area (Å²) in [5.74, 6) is 2.02. The second-order valence-corrected chi connectivity index (χ2v) is 5.69. The molecule has 0 aliphatic carbocycles. The smallest absolute Gasteiger partial charge is 0.165 e. The fourth-order valence-electron chi connectivity index (χ4n) is 2.74. The van der Waals surface area contributed by atoms with Crippen LogP contribution in [0.15, 0.2) is 66.4 Å². The Kier molecular flexibility index (Phi) is 5.47. The first kappa shape index (κ1) is 18.1. The summed E-state index contributed by atoms with van der Waals surface area (Å²) in [5.41, 5.74) is 9.24. The Balaban J connectivity index is 2.13. The Hall–Kier alpha value is -3.67. The lowest BCUT2D eigenvalue weighted by Gasteiger charge is -2.11. The summed E-state index contributed by atoms with van der Waals surface area (Å²) in [6, 6.07) is 14.0. The van der Waals surface area contributed by atoms with E-state index in [-0.39, 0.29) is 0 Å². The van der Waals surface area contributed by atoms with E-state index < -0.39 is 0 Å². The highest BCUT2D eigenvalue weighted by Gasteiger charge is 2.11. The molecule has 0 bridgehead atoms. The van der Waals surface area contributed by atoms with Gasteiger partial charge < -0.3 is 15.8 Å². The zero-order valence-electron chi connectivity index (χ0n) is 15.3. The zero-order valence-corrected chi connectivity index (χ0v) is 15.3. The largest absolute Gasteiger partial charge is 0.497 e. The second kappa shape index (κ2) is 8.14. The van der Waals surface area contributed by atoms with E-state index in [1.54, 1.807) is 13.3 Å². The van der Waals surface area contributed by atoms with Gasteiger partial charge in [-0.2, -0.15) is 0 Å². The average molecular weight is 359 g/mol. The summed E-state index contributed by atoms with van der Waals surface area (Å²) in [7, 11) is 3.49. The number of nitrogens with one attached hydrogen (secondary N) is 1. The van der Waals surface area contributed by atoms with E-state index in [1.165, 1.54) is 12.4 Å². The molecule has 0 unspecified atom stereocenters. The number of anilines is 1. The first-order valence-corrected chi connectivity index (χ1v) is 8.40. The van der Waals surface area contributed by atoms with Gasteiger partial charge in [-0.1, -0.05) is 24.8 Å². The molecule has 2 aromatic carbocycles. The zero-order chi connectivity index (χ0) is 19.2. The molecule has 6 nitrogen and oxygen atoms in total. The summed E-state index contributed by atoms with van der Waals surface area (Å²) in [6.07, 6.45) is 4.44. The standard InChI is InChI=1S/C21H21N5O/c1-4-24-13-16(12-22)20-25-19-9-8-15(11-18(19)21(23-2)26-20)14-6-5-7-17(10-14)27-3/h4-13H,1,22H2,2-3H3,(H,23,25,26)/b16-12+,24-13?. The van der Waals surface area contributed by atoms with Crippen molar-refractivity contribution in [2.45, 2.75) is 0 Å². The number of methoxy groups -OCH3 is 1. The van der Waals surface area contributed by atoms with Crippen LogP contribution in [0.4, 0.5) is 5.82 Å². The van der Waals surface area contributed by atoms with Gasteiger partial charge in [0.1, 0.15) is 11.6 Å². The molecule has 136 valence electrons. The fraction of sp³-hybridized carbons (Fsp3) is 0.0952. The number of rotatable bonds is 6. The molecule has 0 saturated heterocycles. The highest BCUT2D eigenvalue weighted by atomic mass is 16.5. The van der Waals surface area contributed by atoms with E-state index in [1.807, 2.05) is 43.4 Å². The molecular formula is C21H21N5O. The number of aromatic nitrogens is 2. The average Bonchev–Trinajstić information content (AvgIpc) is 2.73. The van der Waals surface area contributed by atoms with Gasteiger partial charge in [-0.15, -0.1) is 0 Å². The predicted molar refractivity (Wildman–Crippen MR) is 112 cm³/mol. The number of ether oxygens (including phenoxy) is 1. The number of nitrogens with zero attached hydrogens (tertiary/aromatic N) is 3. The number of nitrogens with two attached hydrogens (primary N) is 1. The van der Waals surface area contributed by atoms with E-state index in [9.17, 15) is 0 Å². The SMILES string of the molecule is C=CN=C/C(=C\N)c1nc(NC)c2cc(-c3cccc(OC)c3)ccc2n1. The molecule has 0 aliphatic heterocycles. The Bertz CT molecular complexity index is 1040. The van der Waals surface area contributed by atoms with Crippen LogP contribution in [0.3, 0.4) is 0 Å². The van der Waals surface area contributed by atoms with Crippen LogP contribution in [-0.4, -0.2) is 30.3 Å². The van der Waals surface area contributed by atoms with Gasteiger partial charge in [0.25, 0.3) is 0 Å². The van der Waals surface area contributed by atoms with Crippen LogP contribution in [0.2, 0.25) is 0 Å². The number of allylic oxidation sites excluding steroid dienone is 1. The third kappa shape index (κ3) is 3.79. The van der Waals surface area contributed by atoms with Gasteiger partial charge in [0.05, 0.1) is 18.2 Å². The third-order valence-electron chi connectivity index (χ3n) is 4.09. The number of fused-ring (bicyclic) bond motifs is 1. The molecule has 3 rings (SSSR count). The maximum atomic E-state index is 5.71. The summed E-state index contributed by atoms with van der Waals surface area (Å²) < 4.78 is 5.32. The van der Waals surface area contributed by atoms with Gasteiger partial charge in [0.2, 0.25) is 0 Å². The molecule has 0 aliphatic rings. The topological polar surface area (TPSA) is 85.4 Å². The molecule has 27 heavy (non-hydrogen) atoms. The molecule has 0 saturated carbocycles. The molecule has 0 fully saturated rings. The Morgan fingerprint density at radius 2 is 2.00 bits per heavy atom. The van der Waals surface area contributed by atoms with Crippen molar-refractivity contribution in [1.29, 1.82) is 0 Å². The van der Waals surface area contributed by atoms with Gasteiger partial charge in [-0.25, -0.2) is 9.97 Å². The van der Waals surface area contributed by atoms with Gasteiger partial charge in [-0.05, 0) is 35.4 Å². The molecule has 0 atom stereocenters. The van der Waals surface area contributed by atoms with Crippen molar-refractivity contribution in [2.24, 2.45) is 10.7 Å². The first-order chi connectivity index (χ1) is 13.2. The molecular weight excluding hydrogens is 338 g/mol. The van der Waals surface area contributed by atoms with Crippen molar-refractivity contribution in [2.75, 3.05) is 19.5 Å². The number of aliphatic imine (C=N–C) groups is 1. The van der Waals surface area contributed by atoms with Gasteiger partial charge in [0.15, 0.2) is 5.82 Å². The van der Waals surface area contributed by atoms with E-state index in [0.29, 0.717) is 17.2 Å². The maximum Gasteiger partial charge on any atom is 0.165 e. The van der Waals surface area contributed by atoms with Crippen LogP contribution in [0.1, 0.15) is 5.82 Å². The number of benzene rings is 2. The Morgan fingerprint density at radius 3 is 2.70 bits per heavy atom. The van der Waals surface area contributed by atoms with Crippen LogP contribution in [0, 0.1) is 0 Å². The van der Waals surface area contributed by atoms with Crippen LogP contribution < -0.4 is 15.8 Å². The Morgan fingerprint density at radius 1 is 1.19 bits per heavy atom. The van der Waals surface area contributed by atoms with Crippen LogP contribution in [-0.2, 0) is 0 Å². The van der Waals surface area contributed by atoms with Crippen molar-refractivity contribution in [1.82, 2.24) is 9.97 Å². The van der Waals surface area contributed by atoms with E-state index in [4.69, 9.17) is 10.5 Å². The molecule has 6 heteroatoms. The molecule has 3 N–H and O–H groups in total. The van der Waals surface area contributed by atoms with Crippen molar-refractivity contribution in [3.63, 3.8) is 0 Å². The minimum Gasteiger partial charge on any atom is -0.497 e. The van der Waals surface area contributed by atoms with Gasteiger partial charge in [0, 0.05) is 31.0 Å². The monoisotopic (exact) mass is 359 g/mol.